The van der Waals surface area contributed by atoms with Crippen LogP contribution < -0.4 is 4.74 Å². The van der Waals surface area contributed by atoms with Gasteiger partial charge in [-0.15, -0.1) is 0 Å². The molecule has 1 aromatic rings. The first-order valence-electron chi connectivity index (χ1n) is 5.31. The molecule has 0 bridgehead atoms. The number of nitrogens with zero attached hydrogens (tertiary/aromatic N) is 1. The molecule has 0 spiro atoms. The fourth-order valence-corrected chi connectivity index (χ4v) is 2.07. The van der Waals surface area contributed by atoms with Crippen molar-refractivity contribution in [3.63, 3.8) is 0 Å². The van der Waals surface area contributed by atoms with Crippen LogP contribution in [0.1, 0.15) is 10.4 Å². The maximum atomic E-state index is 11.1. The molecule has 0 atom stereocenters. The van der Waals surface area contributed by atoms with Crippen molar-refractivity contribution in [3.05, 3.63) is 23.8 Å². The molecule has 0 aliphatic heterocycles. The second-order valence-electron chi connectivity index (χ2n) is 4.05. The van der Waals surface area contributed by atoms with Crippen LogP contribution in [-0.4, -0.2) is 51.6 Å². The van der Waals surface area contributed by atoms with Crippen LogP contribution in [-0.2, 0) is 9.05 Å². The van der Waals surface area contributed by atoms with Gasteiger partial charge in [0.05, 0.1) is 4.90 Å². The van der Waals surface area contributed by atoms with Crippen molar-refractivity contribution in [1.82, 2.24) is 4.90 Å². The van der Waals surface area contributed by atoms with Gasteiger partial charge in [0.2, 0.25) is 0 Å². The summed E-state index contributed by atoms with van der Waals surface area (Å²) in [5.74, 6) is -1.17. The van der Waals surface area contributed by atoms with Crippen LogP contribution in [0.3, 0.4) is 0 Å². The minimum Gasteiger partial charge on any atom is -0.491 e. The number of benzene rings is 1. The third-order valence-corrected chi connectivity index (χ3v) is 3.61. The van der Waals surface area contributed by atoms with Crippen LogP contribution in [0.2, 0.25) is 0 Å². The van der Waals surface area contributed by atoms with E-state index in [0.717, 1.165) is 6.07 Å². The Kier molecular flexibility index (Phi) is 5.16. The lowest BCUT2D eigenvalue weighted by Gasteiger charge is -2.13. The molecule has 0 heterocycles. The third kappa shape index (κ3) is 4.70. The van der Waals surface area contributed by atoms with Crippen LogP contribution in [0.25, 0.3) is 0 Å². The molecule has 19 heavy (non-hydrogen) atoms. The van der Waals surface area contributed by atoms with E-state index in [1.807, 2.05) is 19.0 Å². The van der Waals surface area contributed by atoms with Gasteiger partial charge < -0.3 is 14.7 Å². The summed E-state index contributed by atoms with van der Waals surface area (Å²) in [5.41, 5.74) is -0.236. The standard InChI is InChI=1S/C11H14ClNO5S/c1-13(2)5-6-18-10-4-3-8(19(12,16)17)7-9(10)11(14)15/h3-4,7H,5-6H2,1-2H3,(H,14,15). The molecule has 0 aromatic heterocycles. The van der Waals surface area contributed by atoms with Gasteiger partial charge in [-0.3, -0.25) is 0 Å². The van der Waals surface area contributed by atoms with Crippen molar-refractivity contribution < 1.29 is 23.1 Å². The minimum absolute atomic E-state index is 0.110. The average Bonchev–Trinajstić information content (AvgIpc) is 2.27. The zero-order valence-corrected chi connectivity index (χ0v) is 12.0. The summed E-state index contributed by atoms with van der Waals surface area (Å²) in [6, 6.07) is 3.48. The van der Waals surface area contributed by atoms with E-state index in [1.165, 1.54) is 12.1 Å². The Morgan fingerprint density at radius 1 is 1.42 bits per heavy atom. The summed E-state index contributed by atoms with van der Waals surface area (Å²) in [7, 11) is 4.90. The maximum absolute atomic E-state index is 11.1. The molecule has 1 rings (SSSR count). The normalized spacial score (nSPS) is 11.6. The predicted molar refractivity (Wildman–Crippen MR) is 70.5 cm³/mol. The zero-order chi connectivity index (χ0) is 14.6. The molecule has 0 saturated heterocycles. The molecule has 0 aliphatic rings. The van der Waals surface area contributed by atoms with Crippen molar-refractivity contribution in [2.24, 2.45) is 0 Å². The first kappa shape index (κ1) is 15.7. The van der Waals surface area contributed by atoms with Gasteiger partial charge >= 0.3 is 5.97 Å². The van der Waals surface area contributed by atoms with E-state index in [9.17, 15) is 13.2 Å². The molecule has 0 amide bonds. The van der Waals surface area contributed by atoms with Crippen LogP contribution in [0, 0.1) is 0 Å². The monoisotopic (exact) mass is 307 g/mol. The van der Waals surface area contributed by atoms with E-state index in [1.54, 1.807) is 0 Å². The van der Waals surface area contributed by atoms with Gasteiger partial charge in [0, 0.05) is 17.2 Å². The summed E-state index contributed by atoms with van der Waals surface area (Å²) < 4.78 is 27.6. The SMILES string of the molecule is CN(C)CCOc1ccc(S(=O)(=O)Cl)cc1C(=O)O. The van der Waals surface area contributed by atoms with E-state index in [0.29, 0.717) is 13.2 Å². The number of carboxylic acids is 1. The highest BCUT2D eigenvalue weighted by Gasteiger charge is 2.17. The molecule has 0 saturated carbocycles. The molecule has 0 fully saturated rings. The second-order valence-corrected chi connectivity index (χ2v) is 6.62. The number of hydrogen-bond donors (Lipinski definition) is 1. The quantitative estimate of drug-likeness (QED) is 0.796. The van der Waals surface area contributed by atoms with E-state index < -0.39 is 15.0 Å². The Bertz CT molecular complexity index is 570. The zero-order valence-electron chi connectivity index (χ0n) is 10.5. The fourth-order valence-electron chi connectivity index (χ4n) is 1.29. The first-order valence-corrected chi connectivity index (χ1v) is 7.62. The summed E-state index contributed by atoms with van der Waals surface area (Å²) in [4.78, 5) is 12.7. The van der Waals surface area contributed by atoms with Crippen molar-refractivity contribution in [3.8, 4) is 5.75 Å². The number of hydrogen-bond acceptors (Lipinski definition) is 5. The topological polar surface area (TPSA) is 83.9 Å². The maximum Gasteiger partial charge on any atom is 0.339 e. The van der Waals surface area contributed by atoms with E-state index in [-0.39, 0.29) is 16.2 Å². The lowest BCUT2D eigenvalue weighted by molar-refractivity contribution is 0.0691. The molecule has 1 aromatic carbocycles. The van der Waals surface area contributed by atoms with Crippen molar-refractivity contribution in [1.29, 1.82) is 0 Å². The first-order chi connectivity index (χ1) is 8.71. The smallest absolute Gasteiger partial charge is 0.339 e. The summed E-state index contributed by atoms with van der Waals surface area (Å²) in [6.07, 6.45) is 0. The number of carboxylic acid groups (broad SMARTS) is 1. The van der Waals surface area contributed by atoms with Gasteiger partial charge in [0.25, 0.3) is 9.05 Å². The number of rotatable bonds is 6. The molecule has 6 nitrogen and oxygen atoms in total. The van der Waals surface area contributed by atoms with Gasteiger partial charge in [-0.1, -0.05) is 0 Å². The second kappa shape index (κ2) is 6.23. The van der Waals surface area contributed by atoms with Crippen LogP contribution in [0.5, 0.6) is 5.75 Å². The van der Waals surface area contributed by atoms with Crippen LogP contribution in [0.4, 0.5) is 0 Å². The summed E-state index contributed by atoms with van der Waals surface area (Å²) in [6.45, 7) is 0.898. The Hall–Kier alpha value is -1.31. The number of likely N-dealkylation sites (N-methyl/N-ethyl adjacent to an activating group) is 1. The molecule has 0 aliphatic carbocycles. The molecular weight excluding hydrogens is 294 g/mol. The third-order valence-electron chi connectivity index (χ3n) is 2.26. The molecule has 0 unspecified atom stereocenters. The van der Waals surface area contributed by atoms with Crippen molar-refractivity contribution >= 4 is 25.7 Å². The van der Waals surface area contributed by atoms with Crippen LogP contribution >= 0.6 is 10.7 Å². The number of carbonyl (C=O) groups is 1. The Balaban J connectivity index is 3.02. The van der Waals surface area contributed by atoms with Gasteiger partial charge in [0.15, 0.2) is 0 Å². The molecule has 1 N–H and O–H groups in total. The highest BCUT2D eigenvalue weighted by molar-refractivity contribution is 8.13. The number of halogens is 1. The molecule has 106 valence electrons. The van der Waals surface area contributed by atoms with E-state index in [2.05, 4.69) is 0 Å². The summed E-state index contributed by atoms with van der Waals surface area (Å²) in [5, 5.41) is 9.04. The van der Waals surface area contributed by atoms with Gasteiger partial charge in [-0.05, 0) is 32.3 Å². The average molecular weight is 308 g/mol. The van der Waals surface area contributed by atoms with Gasteiger partial charge in [-0.25, -0.2) is 13.2 Å². The number of ether oxygens (including phenoxy) is 1. The fraction of sp³-hybridized carbons (Fsp3) is 0.364. The van der Waals surface area contributed by atoms with Crippen LogP contribution in [0.15, 0.2) is 23.1 Å². The van der Waals surface area contributed by atoms with Crippen molar-refractivity contribution in [2.75, 3.05) is 27.2 Å². The Labute approximate surface area is 116 Å². The highest BCUT2D eigenvalue weighted by Crippen LogP contribution is 2.24. The van der Waals surface area contributed by atoms with Gasteiger partial charge in [0.1, 0.15) is 17.9 Å². The Morgan fingerprint density at radius 3 is 2.53 bits per heavy atom. The van der Waals surface area contributed by atoms with E-state index in [4.69, 9.17) is 20.5 Å². The minimum atomic E-state index is -3.96. The lowest BCUT2D eigenvalue weighted by Crippen LogP contribution is -2.20. The predicted octanol–water partition coefficient (Wildman–Crippen LogP) is 1.25. The Morgan fingerprint density at radius 2 is 2.05 bits per heavy atom. The molecular formula is C11H14ClNO5S. The largest absolute Gasteiger partial charge is 0.491 e. The lowest BCUT2D eigenvalue weighted by atomic mass is 10.2. The summed E-state index contributed by atoms with van der Waals surface area (Å²) >= 11 is 0. The number of aromatic carboxylic acids is 1. The van der Waals surface area contributed by atoms with Crippen molar-refractivity contribution in [2.45, 2.75) is 4.90 Å². The highest BCUT2D eigenvalue weighted by atomic mass is 35.7. The van der Waals surface area contributed by atoms with E-state index >= 15 is 0 Å². The molecule has 8 heteroatoms. The van der Waals surface area contributed by atoms with Gasteiger partial charge in [-0.2, -0.15) is 0 Å². The molecule has 0 radical (unpaired) electrons.